The molecule has 1 heterocycles. The molecule has 0 N–H and O–H groups in total. The van der Waals surface area contributed by atoms with Gasteiger partial charge in [0, 0.05) is 23.3 Å². The molecule has 1 nitrogen and oxygen atoms in total. The van der Waals surface area contributed by atoms with Crippen LogP contribution < -0.4 is 4.90 Å². The summed E-state index contributed by atoms with van der Waals surface area (Å²) in [6.07, 6.45) is -4.35. The smallest absolute Gasteiger partial charge is 0.362 e. The molecule has 0 saturated carbocycles. The van der Waals surface area contributed by atoms with Gasteiger partial charge in [-0.1, -0.05) is 39.0 Å². The molecule has 140 valence electrons. The van der Waals surface area contributed by atoms with E-state index in [-0.39, 0.29) is 17.5 Å². The van der Waals surface area contributed by atoms with Gasteiger partial charge in [0.25, 0.3) is 0 Å². The van der Waals surface area contributed by atoms with Crippen LogP contribution in [0.25, 0.3) is 11.1 Å². The number of nitrogens with zero attached hydrogens (tertiary/aromatic N) is 1. The molecular formula is C22H26F3N. The Morgan fingerprint density at radius 3 is 2.04 bits per heavy atom. The van der Waals surface area contributed by atoms with Gasteiger partial charge < -0.3 is 4.90 Å². The Hall–Kier alpha value is -1.97. The summed E-state index contributed by atoms with van der Waals surface area (Å²) in [5.74, 6) is 0. The number of rotatable bonds is 0. The van der Waals surface area contributed by atoms with E-state index in [2.05, 4.69) is 43.9 Å². The van der Waals surface area contributed by atoms with Crippen molar-refractivity contribution in [2.45, 2.75) is 65.2 Å². The molecule has 1 aliphatic rings. The Morgan fingerprint density at radius 1 is 0.846 bits per heavy atom. The van der Waals surface area contributed by atoms with Gasteiger partial charge in [-0.05, 0) is 61.1 Å². The van der Waals surface area contributed by atoms with Gasteiger partial charge in [-0.3, -0.25) is 0 Å². The summed E-state index contributed by atoms with van der Waals surface area (Å²) < 4.78 is 40.9. The van der Waals surface area contributed by atoms with Gasteiger partial charge in [0.15, 0.2) is 0 Å². The number of halogens is 3. The van der Waals surface area contributed by atoms with Crippen molar-refractivity contribution in [3.8, 4) is 11.1 Å². The fraction of sp³-hybridized carbons (Fsp3) is 0.455. The molecule has 0 atom stereocenters. The summed E-state index contributed by atoms with van der Waals surface area (Å²) >= 11 is 0. The molecule has 3 rings (SSSR count). The van der Waals surface area contributed by atoms with Gasteiger partial charge in [-0.25, -0.2) is 0 Å². The van der Waals surface area contributed by atoms with E-state index in [0.29, 0.717) is 11.1 Å². The molecule has 0 unspecified atom stereocenters. The Morgan fingerprint density at radius 2 is 1.50 bits per heavy atom. The van der Waals surface area contributed by atoms with Crippen molar-refractivity contribution < 1.29 is 13.2 Å². The molecule has 4 heteroatoms. The highest BCUT2D eigenvalue weighted by atomic mass is 19.4. The zero-order valence-electron chi connectivity index (χ0n) is 16.3. The molecule has 26 heavy (non-hydrogen) atoms. The molecule has 0 amide bonds. The predicted molar refractivity (Wildman–Crippen MR) is 102 cm³/mol. The number of alkyl halides is 3. The largest absolute Gasteiger partial charge is 0.416 e. The van der Waals surface area contributed by atoms with Gasteiger partial charge in [0.05, 0.1) is 5.56 Å². The molecule has 0 aromatic heterocycles. The van der Waals surface area contributed by atoms with Gasteiger partial charge in [-0.2, -0.15) is 13.2 Å². The van der Waals surface area contributed by atoms with Crippen LogP contribution in [-0.2, 0) is 18.1 Å². The van der Waals surface area contributed by atoms with Crippen molar-refractivity contribution in [2.75, 3.05) is 4.90 Å². The Kier molecular flexibility index (Phi) is 4.17. The van der Waals surface area contributed by atoms with E-state index >= 15 is 0 Å². The van der Waals surface area contributed by atoms with E-state index in [1.54, 1.807) is 0 Å². The molecule has 1 aliphatic heterocycles. The quantitative estimate of drug-likeness (QED) is 0.499. The number of benzene rings is 2. The van der Waals surface area contributed by atoms with Crippen LogP contribution in [0.15, 0.2) is 36.4 Å². The fourth-order valence-corrected chi connectivity index (χ4v) is 3.57. The Bertz CT molecular complexity index is 836. The number of fused-ring (bicyclic) bond motifs is 3. The third-order valence-electron chi connectivity index (χ3n) is 5.05. The van der Waals surface area contributed by atoms with Crippen LogP contribution in [-0.4, -0.2) is 5.54 Å². The lowest BCUT2D eigenvalue weighted by atomic mass is 9.81. The third kappa shape index (κ3) is 3.22. The van der Waals surface area contributed by atoms with E-state index in [1.165, 1.54) is 12.1 Å². The number of hydrogen-bond donors (Lipinski definition) is 0. The first-order valence-electron chi connectivity index (χ1n) is 8.92. The summed E-state index contributed by atoms with van der Waals surface area (Å²) in [4.78, 5) is 2.08. The summed E-state index contributed by atoms with van der Waals surface area (Å²) in [5, 5.41) is 0. The molecule has 2 aromatic rings. The highest BCUT2D eigenvalue weighted by Crippen LogP contribution is 2.47. The second-order valence-corrected chi connectivity index (χ2v) is 9.07. The lowest BCUT2D eigenvalue weighted by Gasteiger charge is -2.43. The topological polar surface area (TPSA) is 3.24 Å². The summed E-state index contributed by atoms with van der Waals surface area (Å²) in [7, 11) is 0. The van der Waals surface area contributed by atoms with E-state index in [4.69, 9.17) is 0 Å². The molecule has 0 radical (unpaired) electrons. The van der Waals surface area contributed by atoms with Crippen molar-refractivity contribution in [1.82, 2.24) is 0 Å². The third-order valence-corrected chi connectivity index (χ3v) is 5.05. The summed E-state index contributed by atoms with van der Waals surface area (Å²) in [6.45, 7) is 12.7. The van der Waals surface area contributed by atoms with Crippen LogP contribution in [0.3, 0.4) is 0 Å². The molecule has 2 aromatic carbocycles. The van der Waals surface area contributed by atoms with Crippen molar-refractivity contribution in [1.29, 1.82) is 0 Å². The minimum absolute atomic E-state index is 0.0686. The summed E-state index contributed by atoms with van der Waals surface area (Å²) in [5.41, 5.74) is 3.19. The standard InChI is InChI=1S/C22H26F3N/c1-20(2,3)14-10-11-19-16(12-14)15-8-7-9-18(22(23,24)25)17(15)13-26(19)21(4,5)6/h7-12H,13H2,1-6H3. The summed E-state index contributed by atoms with van der Waals surface area (Å²) in [6, 6.07) is 10.7. The van der Waals surface area contributed by atoms with Crippen molar-refractivity contribution in [2.24, 2.45) is 0 Å². The fourth-order valence-electron chi connectivity index (χ4n) is 3.57. The SMILES string of the molecule is CC(C)(C)c1ccc2c(c1)-c1cccc(C(F)(F)F)c1CN2C(C)(C)C. The normalized spacial score (nSPS) is 14.9. The first-order valence-corrected chi connectivity index (χ1v) is 8.92. The predicted octanol–water partition coefficient (Wildman–Crippen LogP) is 6.79. The lowest BCUT2D eigenvalue weighted by Crippen LogP contribution is -2.43. The van der Waals surface area contributed by atoms with Crippen LogP contribution in [0, 0.1) is 0 Å². The van der Waals surface area contributed by atoms with Crippen LogP contribution in [0.4, 0.5) is 18.9 Å². The molecule has 0 fully saturated rings. The first-order chi connectivity index (χ1) is 11.8. The van der Waals surface area contributed by atoms with Gasteiger partial charge in [0.1, 0.15) is 0 Å². The van der Waals surface area contributed by atoms with E-state index < -0.39 is 11.7 Å². The minimum atomic E-state index is -4.35. The highest BCUT2D eigenvalue weighted by Gasteiger charge is 2.38. The lowest BCUT2D eigenvalue weighted by molar-refractivity contribution is -0.138. The van der Waals surface area contributed by atoms with Crippen LogP contribution in [0.2, 0.25) is 0 Å². The average molecular weight is 361 g/mol. The zero-order valence-corrected chi connectivity index (χ0v) is 16.3. The molecule has 0 saturated heterocycles. The highest BCUT2D eigenvalue weighted by molar-refractivity contribution is 5.85. The second-order valence-electron chi connectivity index (χ2n) is 9.07. The van der Waals surface area contributed by atoms with E-state index in [1.807, 2.05) is 26.8 Å². The van der Waals surface area contributed by atoms with E-state index in [0.717, 1.165) is 16.8 Å². The van der Waals surface area contributed by atoms with Crippen molar-refractivity contribution in [3.63, 3.8) is 0 Å². The van der Waals surface area contributed by atoms with Crippen molar-refractivity contribution in [3.05, 3.63) is 53.1 Å². The Balaban J connectivity index is 2.32. The van der Waals surface area contributed by atoms with Gasteiger partial charge >= 0.3 is 6.18 Å². The van der Waals surface area contributed by atoms with E-state index in [9.17, 15) is 13.2 Å². The average Bonchev–Trinajstić information content (AvgIpc) is 2.50. The van der Waals surface area contributed by atoms with Crippen LogP contribution in [0.1, 0.15) is 58.2 Å². The maximum Gasteiger partial charge on any atom is 0.416 e. The maximum atomic E-state index is 13.6. The molecule has 0 bridgehead atoms. The minimum Gasteiger partial charge on any atom is -0.362 e. The van der Waals surface area contributed by atoms with Crippen LogP contribution in [0.5, 0.6) is 0 Å². The molecular weight excluding hydrogens is 335 g/mol. The van der Waals surface area contributed by atoms with Crippen LogP contribution >= 0.6 is 0 Å². The second kappa shape index (κ2) is 5.77. The maximum absolute atomic E-state index is 13.6. The first kappa shape index (κ1) is 18.8. The number of anilines is 1. The monoisotopic (exact) mass is 361 g/mol. The van der Waals surface area contributed by atoms with Gasteiger partial charge in [0.2, 0.25) is 0 Å². The Labute approximate surface area is 153 Å². The molecule has 0 spiro atoms. The molecule has 0 aliphatic carbocycles. The van der Waals surface area contributed by atoms with Gasteiger partial charge in [-0.15, -0.1) is 0 Å². The van der Waals surface area contributed by atoms with Crippen molar-refractivity contribution >= 4 is 5.69 Å². The zero-order chi connectivity index (χ0) is 19.5. The number of hydrogen-bond acceptors (Lipinski definition) is 1.